The normalized spacial score (nSPS) is 23.2. The summed E-state index contributed by atoms with van der Waals surface area (Å²) in [6.45, 7) is 1.84. The van der Waals surface area contributed by atoms with E-state index >= 15 is 0 Å². The SMILES string of the molecule is c1ccc2c(c1)OCC(C1=NCCO1)O2. The van der Waals surface area contributed by atoms with Gasteiger partial charge in [0.15, 0.2) is 11.5 Å². The Morgan fingerprint density at radius 2 is 2.00 bits per heavy atom. The van der Waals surface area contributed by atoms with E-state index < -0.39 is 0 Å². The van der Waals surface area contributed by atoms with Crippen molar-refractivity contribution in [1.29, 1.82) is 0 Å². The quantitative estimate of drug-likeness (QED) is 0.692. The Kier molecular flexibility index (Phi) is 1.98. The predicted octanol–water partition coefficient (Wildman–Crippen LogP) is 1.26. The van der Waals surface area contributed by atoms with Crippen LogP contribution in [0.1, 0.15) is 0 Å². The number of rotatable bonds is 1. The lowest BCUT2D eigenvalue weighted by Crippen LogP contribution is -2.36. The molecule has 0 saturated heterocycles. The van der Waals surface area contributed by atoms with Gasteiger partial charge < -0.3 is 14.2 Å². The van der Waals surface area contributed by atoms with Gasteiger partial charge in [-0.3, -0.25) is 0 Å². The van der Waals surface area contributed by atoms with Gasteiger partial charge in [-0.05, 0) is 12.1 Å². The molecular weight excluding hydrogens is 194 g/mol. The summed E-state index contributed by atoms with van der Waals surface area (Å²) in [7, 11) is 0. The molecule has 0 N–H and O–H groups in total. The number of hydrogen-bond donors (Lipinski definition) is 0. The van der Waals surface area contributed by atoms with Crippen LogP contribution in [-0.2, 0) is 4.74 Å². The minimum absolute atomic E-state index is 0.192. The molecular formula is C11H11NO3. The van der Waals surface area contributed by atoms with Gasteiger partial charge in [0.2, 0.25) is 12.0 Å². The van der Waals surface area contributed by atoms with Gasteiger partial charge in [-0.15, -0.1) is 0 Å². The summed E-state index contributed by atoms with van der Waals surface area (Å²) in [6.07, 6.45) is -0.192. The molecule has 0 bridgehead atoms. The van der Waals surface area contributed by atoms with Gasteiger partial charge in [0, 0.05) is 0 Å². The average Bonchev–Trinajstić information content (AvgIpc) is 2.82. The van der Waals surface area contributed by atoms with Crippen molar-refractivity contribution in [2.45, 2.75) is 6.10 Å². The first-order valence-electron chi connectivity index (χ1n) is 4.99. The Balaban J connectivity index is 1.82. The zero-order valence-corrected chi connectivity index (χ0v) is 8.18. The van der Waals surface area contributed by atoms with Crippen LogP contribution >= 0.6 is 0 Å². The number of aliphatic imine (C=N–C) groups is 1. The molecule has 1 atom stereocenters. The van der Waals surface area contributed by atoms with Crippen molar-refractivity contribution in [2.24, 2.45) is 4.99 Å². The molecule has 0 aromatic heterocycles. The number of nitrogens with zero attached hydrogens (tertiary/aromatic N) is 1. The molecule has 1 aromatic carbocycles. The average molecular weight is 205 g/mol. The number of hydrogen-bond acceptors (Lipinski definition) is 4. The molecule has 0 radical (unpaired) electrons. The third-order valence-electron chi connectivity index (χ3n) is 2.39. The fourth-order valence-corrected chi connectivity index (χ4v) is 1.69. The van der Waals surface area contributed by atoms with Crippen molar-refractivity contribution in [1.82, 2.24) is 0 Å². The number of fused-ring (bicyclic) bond motifs is 1. The molecule has 0 saturated carbocycles. The van der Waals surface area contributed by atoms with E-state index in [9.17, 15) is 0 Å². The van der Waals surface area contributed by atoms with Gasteiger partial charge in [0.25, 0.3) is 0 Å². The third kappa shape index (κ3) is 1.52. The van der Waals surface area contributed by atoms with E-state index in [1.807, 2.05) is 24.3 Å². The highest BCUT2D eigenvalue weighted by molar-refractivity contribution is 5.82. The lowest BCUT2D eigenvalue weighted by molar-refractivity contribution is 0.117. The van der Waals surface area contributed by atoms with Crippen LogP contribution in [0, 0.1) is 0 Å². The first-order valence-corrected chi connectivity index (χ1v) is 4.99. The zero-order chi connectivity index (χ0) is 10.1. The Bertz CT molecular complexity index is 403. The molecule has 1 unspecified atom stereocenters. The van der Waals surface area contributed by atoms with E-state index in [4.69, 9.17) is 14.2 Å². The van der Waals surface area contributed by atoms with Crippen molar-refractivity contribution < 1.29 is 14.2 Å². The zero-order valence-electron chi connectivity index (χ0n) is 8.18. The van der Waals surface area contributed by atoms with Crippen LogP contribution in [-0.4, -0.2) is 31.8 Å². The van der Waals surface area contributed by atoms with Gasteiger partial charge in [0.1, 0.15) is 13.2 Å². The van der Waals surface area contributed by atoms with E-state index in [0.29, 0.717) is 19.1 Å². The fourth-order valence-electron chi connectivity index (χ4n) is 1.69. The predicted molar refractivity (Wildman–Crippen MR) is 54.6 cm³/mol. The van der Waals surface area contributed by atoms with Crippen molar-refractivity contribution in [3.8, 4) is 11.5 Å². The smallest absolute Gasteiger partial charge is 0.229 e. The fraction of sp³-hybridized carbons (Fsp3) is 0.364. The maximum absolute atomic E-state index is 5.74. The molecule has 2 aliphatic rings. The second kappa shape index (κ2) is 3.46. The lowest BCUT2D eigenvalue weighted by Gasteiger charge is -2.25. The van der Waals surface area contributed by atoms with Crippen LogP contribution < -0.4 is 9.47 Å². The maximum Gasteiger partial charge on any atom is 0.229 e. The summed E-state index contributed by atoms with van der Waals surface area (Å²) in [5, 5.41) is 0. The molecule has 0 spiro atoms. The molecule has 0 amide bonds. The first kappa shape index (κ1) is 8.59. The van der Waals surface area contributed by atoms with Crippen molar-refractivity contribution in [3.05, 3.63) is 24.3 Å². The summed E-state index contributed by atoms with van der Waals surface area (Å²) >= 11 is 0. The topological polar surface area (TPSA) is 40.0 Å². The van der Waals surface area contributed by atoms with Crippen LogP contribution in [0.3, 0.4) is 0 Å². The number of benzene rings is 1. The van der Waals surface area contributed by atoms with Crippen LogP contribution in [0.5, 0.6) is 11.5 Å². The monoisotopic (exact) mass is 205 g/mol. The van der Waals surface area contributed by atoms with E-state index in [1.165, 1.54) is 0 Å². The largest absolute Gasteiger partial charge is 0.485 e. The van der Waals surface area contributed by atoms with Gasteiger partial charge in [-0.2, -0.15) is 0 Å². The summed E-state index contributed by atoms with van der Waals surface area (Å²) < 4.78 is 16.7. The Morgan fingerprint density at radius 3 is 2.80 bits per heavy atom. The molecule has 4 heteroatoms. The molecule has 0 fully saturated rings. The van der Waals surface area contributed by atoms with Gasteiger partial charge in [0.05, 0.1) is 6.54 Å². The second-order valence-electron chi connectivity index (χ2n) is 3.43. The standard InChI is InChI=1S/C11H11NO3/c1-2-4-9-8(3-1)14-7-10(15-9)11-12-5-6-13-11/h1-4,10H,5-7H2. The molecule has 1 aromatic rings. The summed E-state index contributed by atoms with van der Waals surface area (Å²) in [5.74, 6) is 2.20. The highest BCUT2D eigenvalue weighted by Crippen LogP contribution is 2.31. The van der Waals surface area contributed by atoms with Crippen LogP contribution in [0.2, 0.25) is 0 Å². The highest BCUT2D eigenvalue weighted by atomic mass is 16.6. The van der Waals surface area contributed by atoms with Gasteiger partial charge >= 0.3 is 0 Å². The summed E-state index contributed by atoms with van der Waals surface area (Å²) in [5.41, 5.74) is 0. The minimum atomic E-state index is -0.192. The van der Waals surface area contributed by atoms with E-state index in [0.717, 1.165) is 18.0 Å². The molecule has 3 rings (SSSR count). The Hall–Kier alpha value is -1.71. The summed E-state index contributed by atoms with van der Waals surface area (Å²) in [4.78, 5) is 4.22. The Morgan fingerprint density at radius 1 is 1.13 bits per heavy atom. The van der Waals surface area contributed by atoms with Crippen molar-refractivity contribution in [3.63, 3.8) is 0 Å². The lowest BCUT2D eigenvalue weighted by atomic mass is 10.2. The maximum atomic E-state index is 5.74. The molecule has 15 heavy (non-hydrogen) atoms. The molecule has 0 aliphatic carbocycles. The van der Waals surface area contributed by atoms with Crippen molar-refractivity contribution in [2.75, 3.05) is 19.8 Å². The first-order chi connectivity index (χ1) is 7.43. The van der Waals surface area contributed by atoms with Gasteiger partial charge in [-0.25, -0.2) is 4.99 Å². The third-order valence-corrected chi connectivity index (χ3v) is 2.39. The van der Waals surface area contributed by atoms with Crippen LogP contribution in [0.15, 0.2) is 29.3 Å². The van der Waals surface area contributed by atoms with Crippen molar-refractivity contribution >= 4 is 5.90 Å². The van der Waals surface area contributed by atoms with E-state index in [1.54, 1.807) is 0 Å². The minimum Gasteiger partial charge on any atom is -0.485 e. The molecule has 4 nitrogen and oxygen atoms in total. The number of ether oxygens (including phenoxy) is 3. The summed E-state index contributed by atoms with van der Waals surface area (Å²) in [6, 6.07) is 7.62. The van der Waals surface area contributed by atoms with Crippen LogP contribution in [0.25, 0.3) is 0 Å². The molecule has 78 valence electrons. The number of para-hydroxylation sites is 2. The molecule has 2 aliphatic heterocycles. The molecule has 2 heterocycles. The van der Waals surface area contributed by atoms with Crippen LogP contribution in [0.4, 0.5) is 0 Å². The van der Waals surface area contributed by atoms with E-state index in [-0.39, 0.29) is 6.10 Å². The van der Waals surface area contributed by atoms with Gasteiger partial charge in [-0.1, -0.05) is 12.1 Å². The highest BCUT2D eigenvalue weighted by Gasteiger charge is 2.28. The Labute approximate surface area is 87.5 Å². The second-order valence-corrected chi connectivity index (χ2v) is 3.43. The van der Waals surface area contributed by atoms with E-state index in [2.05, 4.69) is 4.99 Å².